The highest BCUT2D eigenvalue weighted by Gasteiger charge is 2.18. The number of rotatable bonds is 7. The number of ketones is 1. The Bertz CT molecular complexity index is 869. The van der Waals surface area contributed by atoms with Crippen molar-refractivity contribution in [3.05, 3.63) is 59.2 Å². The summed E-state index contributed by atoms with van der Waals surface area (Å²) in [7, 11) is 5.53. The van der Waals surface area contributed by atoms with E-state index in [0.29, 0.717) is 25.5 Å². The molecule has 0 atom stereocenters. The molecule has 1 aliphatic heterocycles. The number of benzene rings is 2. The third kappa shape index (κ3) is 5.37. The number of allylic oxidation sites excluding steroid dienone is 1. The standard InChI is InChI=1S/C23H28N2O4/c1-24(2)19-7-4-17(5-8-19)6-9-21(26)20-14-18(23(28-3)15-22(20)27)16-25-10-12-29-13-11-25/h4-9,14-15,27H,10-13,16H2,1-3H3/b9-6+. The van der Waals surface area contributed by atoms with Gasteiger partial charge in [0.1, 0.15) is 11.5 Å². The molecule has 0 amide bonds. The zero-order valence-electron chi connectivity index (χ0n) is 17.2. The maximum atomic E-state index is 12.7. The summed E-state index contributed by atoms with van der Waals surface area (Å²) in [5, 5.41) is 10.3. The van der Waals surface area contributed by atoms with Gasteiger partial charge in [-0.15, -0.1) is 0 Å². The Balaban J connectivity index is 1.79. The van der Waals surface area contributed by atoms with Gasteiger partial charge in [-0.25, -0.2) is 0 Å². The summed E-state index contributed by atoms with van der Waals surface area (Å²) in [6, 6.07) is 11.1. The van der Waals surface area contributed by atoms with Gasteiger partial charge in [0.15, 0.2) is 5.78 Å². The van der Waals surface area contributed by atoms with E-state index in [1.54, 1.807) is 19.3 Å². The van der Waals surface area contributed by atoms with E-state index in [4.69, 9.17) is 9.47 Å². The highest BCUT2D eigenvalue weighted by Crippen LogP contribution is 2.30. The van der Waals surface area contributed by atoms with Crippen LogP contribution >= 0.6 is 0 Å². The number of methoxy groups -OCH3 is 1. The zero-order valence-corrected chi connectivity index (χ0v) is 17.2. The molecule has 0 radical (unpaired) electrons. The Labute approximate surface area is 172 Å². The number of carbonyl (C=O) groups is 1. The Morgan fingerprint density at radius 2 is 1.90 bits per heavy atom. The first-order valence-electron chi connectivity index (χ1n) is 9.67. The number of carbonyl (C=O) groups excluding carboxylic acids is 1. The average Bonchev–Trinajstić information content (AvgIpc) is 2.74. The lowest BCUT2D eigenvalue weighted by Crippen LogP contribution is -2.35. The van der Waals surface area contributed by atoms with Crippen LogP contribution in [0.15, 0.2) is 42.5 Å². The molecule has 0 unspecified atom stereocenters. The van der Waals surface area contributed by atoms with Gasteiger partial charge in [-0.05, 0) is 29.8 Å². The van der Waals surface area contributed by atoms with Gasteiger partial charge in [-0.2, -0.15) is 0 Å². The van der Waals surface area contributed by atoms with Crippen LogP contribution in [0, 0.1) is 0 Å². The minimum Gasteiger partial charge on any atom is -0.507 e. The van der Waals surface area contributed by atoms with Crippen LogP contribution in [0.5, 0.6) is 11.5 Å². The second-order valence-electron chi connectivity index (χ2n) is 7.25. The molecule has 1 aliphatic rings. The van der Waals surface area contributed by atoms with Crippen molar-refractivity contribution < 1.29 is 19.4 Å². The van der Waals surface area contributed by atoms with Crippen molar-refractivity contribution in [2.75, 3.05) is 52.4 Å². The molecule has 6 heteroatoms. The Hall–Kier alpha value is -2.83. The van der Waals surface area contributed by atoms with Gasteiger partial charge in [-0.1, -0.05) is 18.2 Å². The molecule has 0 spiro atoms. The second-order valence-corrected chi connectivity index (χ2v) is 7.25. The predicted molar refractivity (Wildman–Crippen MR) is 115 cm³/mol. The number of phenols is 1. The smallest absolute Gasteiger partial charge is 0.189 e. The lowest BCUT2D eigenvalue weighted by atomic mass is 10.0. The van der Waals surface area contributed by atoms with Crippen molar-refractivity contribution in [2.45, 2.75) is 6.54 Å². The average molecular weight is 396 g/mol. The SMILES string of the molecule is COc1cc(O)c(C(=O)/C=C/c2ccc(N(C)C)cc2)cc1CN1CCOCC1. The third-order valence-corrected chi connectivity index (χ3v) is 5.00. The maximum absolute atomic E-state index is 12.7. The van der Waals surface area contributed by atoms with Gasteiger partial charge >= 0.3 is 0 Å². The highest BCUT2D eigenvalue weighted by molar-refractivity contribution is 6.08. The van der Waals surface area contributed by atoms with Crippen LogP contribution < -0.4 is 9.64 Å². The van der Waals surface area contributed by atoms with Gasteiger partial charge in [0, 0.05) is 51.0 Å². The molecule has 0 bridgehead atoms. The van der Waals surface area contributed by atoms with Crippen molar-refractivity contribution in [2.24, 2.45) is 0 Å². The van der Waals surface area contributed by atoms with Gasteiger partial charge in [-0.3, -0.25) is 9.69 Å². The molecule has 29 heavy (non-hydrogen) atoms. The minimum atomic E-state index is -0.245. The van der Waals surface area contributed by atoms with E-state index < -0.39 is 0 Å². The predicted octanol–water partition coefficient (Wildman–Crippen LogP) is 3.20. The number of anilines is 1. The molecule has 0 aromatic heterocycles. The first kappa shape index (κ1) is 20.9. The first-order chi connectivity index (χ1) is 14.0. The molecule has 3 rings (SSSR count). The van der Waals surface area contributed by atoms with Gasteiger partial charge in [0.05, 0.1) is 25.9 Å². The van der Waals surface area contributed by atoms with Gasteiger partial charge < -0.3 is 19.5 Å². The van der Waals surface area contributed by atoms with E-state index in [9.17, 15) is 9.90 Å². The zero-order chi connectivity index (χ0) is 20.8. The van der Waals surface area contributed by atoms with Crippen LogP contribution in [0.3, 0.4) is 0 Å². The van der Waals surface area contributed by atoms with Crippen LogP contribution in [-0.4, -0.2) is 63.3 Å². The fourth-order valence-electron chi connectivity index (χ4n) is 3.27. The number of ether oxygens (including phenoxy) is 2. The molecule has 1 N–H and O–H groups in total. The monoisotopic (exact) mass is 396 g/mol. The quantitative estimate of drug-likeness (QED) is 0.573. The summed E-state index contributed by atoms with van der Waals surface area (Å²) in [4.78, 5) is 17.0. The first-order valence-corrected chi connectivity index (χ1v) is 9.67. The largest absolute Gasteiger partial charge is 0.507 e. The summed E-state index contributed by atoms with van der Waals surface area (Å²) in [5.41, 5.74) is 3.16. The van der Waals surface area contributed by atoms with E-state index in [-0.39, 0.29) is 17.1 Å². The van der Waals surface area contributed by atoms with E-state index >= 15 is 0 Å². The fraction of sp³-hybridized carbons (Fsp3) is 0.348. The number of nitrogens with zero attached hydrogens (tertiary/aromatic N) is 2. The summed E-state index contributed by atoms with van der Waals surface area (Å²) in [5.74, 6) is 0.254. The molecule has 1 saturated heterocycles. The molecular weight excluding hydrogens is 368 g/mol. The van der Waals surface area contributed by atoms with Crippen LogP contribution in [0.1, 0.15) is 21.5 Å². The Morgan fingerprint density at radius 3 is 2.52 bits per heavy atom. The number of hydrogen-bond donors (Lipinski definition) is 1. The number of hydrogen-bond acceptors (Lipinski definition) is 6. The third-order valence-electron chi connectivity index (χ3n) is 5.00. The van der Waals surface area contributed by atoms with E-state index in [1.165, 1.54) is 12.1 Å². The molecule has 154 valence electrons. The summed E-state index contributed by atoms with van der Waals surface area (Å²) in [6.45, 7) is 3.69. The lowest BCUT2D eigenvalue weighted by Gasteiger charge is -2.27. The summed E-state index contributed by atoms with van der Waals surface area (Å²) >= 11 is 0. The minimum absolute atomic E-state index is 0.0785. The molecule has 0 aliphatic carbocycles. The van der Waals surface area contributed by atoms with E-state index in [0.717, 1.165) is 29.9 Å². The maximum Gasteiger partial charge on any atom is 0.189 e. The Morgan fingerprint density at radius 1 is 1.21 bits per heavy atom. The van der Waals surface area contributed by atoms with Gasteiger partial charge in [0.25, 0.3) is 0 Å². The topological polar surface area (TPSA) is 62.2 Å². The molecule has 6 nitrogen and oxygen atoms in total. The molecule has 1 heterocycles. The number of phenolic OH excluding ortho intramolecular Hbond substituents is 1. The van der Waals surface area contributed by atoms with Crippen molar-refractivity contribution in [1.29, 1.82) is 0 Å². The normalized spacial score (nSPS) is 14.9. The molecule has 2 aromatic rings. The van der Waals surface area contributed by atoms with Crippen molar-refractivity contribution in [3.63, 3.8) is 0 Å². The lowest BCUT2D eigenvalue weighted by molar-refractivity contribution is 0.0338. The summed E-state index contributed by atoms with van der Waals surface area (Å²) in [6.07, 6.45) is 3.25. The fourth-order valence-corrected chi connectivity index (χ4v) is 3.27. The molecule has 1 fully saturated rings. The Kier molecular flexibility index (Phi) is 6.90. The van der Waals surface area contributed by atoms with Crippen LogP contribution in [0.25, 0.3) is 6.08 Å². The molecular formula is C23H28N2O4. The van der Waals surface area contributed by atoms with Crippen molar-refractivity contribution in [3.8, 4) is 11.5 Å². The molecule has 2 aromatic carbocycles. The number of aromatic hydroxyl groups is 1. The number of morpholine rings is 1. The second kappa shape index (κ2) is 9.58. The van der Waals surface area contributed by atoms with E-state index in [2.05, 4.69) is 4.90 Å². The molecule has 0 saturated carbocycles. The summed E-state index contributed by atoms with van der Waals surface area (Å²) < 4.78 is 10.8. The van der Waals surface area contributed by atoms with Crippen LogP contribution in [0.4, 0.5) is 5.69 Å². The van der Waals surface area contributed by atoms with E-state index in [1.807, 2.05) is 43.3 Å². The van der Waals surface area contributed by atoms with Crippen molar-refractivity contribution in [1.82, 2.24) is 4.90 Å². The van der Waals surface area contributed by atoms with Crippen LogP contribution in [0.2, 0.25) is 0 Å². The van der Waals surface area contributed by atoms with Gasteiger partial charge in [0.2, 0.25) is 0 Å². The highest BCUT2D eigenvalue weighted by atomic mass is 16.5. The van der Waals surface area contributed by atoms with Crippen LogP contribution in [-0.2, 0) is 11.3 Å². The van der Waals surface area contributed by atoms with Crippen molar-refractivity contribution >= 4 is 17.5 Å².